The highest BCUT2D eigenvalue weighted by Crippen LogP contribution is 1.94. The molecule has 0 atom stereocenters. The Bertz CT molecular complexity index is 158. The van der Waals surface area contributed by atoms with Crippen LogP contribution in [-0.4, -0.2) is 0 Å². The molecule has 0 aromatic rings. The van der Waals surface area contributed by atoms with Crippen molar-refractivity contribution in [1.82, 2.24) is 0 Å². The van der Waals surface area contributed by atoms with Crippen LogP contribution in [0.1, 0.15) is 12.8 Å². The predicted octanol–water partition coefficient (Wildman–Crippen LogP) is 2.81. The van der Waals surface area contributed by atoms with E-state index in [1.54, 1.807) is 0 Å². The second-order valence-corrected chi connectivity index (χ2v) is 2.11. The third-order valence-corrected chi connectivity index (χ3v) is 1.25. The molecule has 0 N–H and O–H groups in total. The first-order valence-corrected chi connectivity index (χ1v) is 3.55. The third kappa shape index (κ3) is 3.08. The van der Waals surface area contributed by atoms with Crippen molar-refractivity contribution in [3.05, 3.63) is 48.6 Å². The Morgan fingerprint density at radius 3 is 2.70 bits per heavy atom. The summed E-state index contributed by atoms with van der Waals surface area (Å²) in [7, 11) is 0. The van der Waals surface area contributed by atoms with Crippen LogP contribution in [0.4, 0.5) is 0 Å². The van der Waals surface area contributed by atoms with Gasteiger partial charge in [0, 0.05) is 0 Å². The molecule has 0 aromatic carbocycles. The van der Waals surface area contributed by atoms with Crippen LogP contribution >= 0.6 is 0 Å². The lowest BCUT2D eigenvalue weighted by molar-refractivity contribution is 1.03. The van der Waals surface area contributed by atoms with Gasteiger partial charge in [0.05, 0.1) is 0 Å². The number of hydrogen-bond acceptors (Lipinski definition) is 0. The smallest absolute Gasteiger partial charge is 0.0241 e. The summed E-state index contributed by atoms with van der Waals surface area (Å²) < 4.78 is 0. The van der Waals surface area contributed by atoms with E-state index in [4.69, 9.17) is 0 Å². The van der Waals surface area contributed by atoms with E-state index >= 15 is 0 Å². The minimum Gasteiger partial charge on any atom is -0.0842 e. The molecule has 1 rings (SSSR count). The summed E-state index contributed by atoms with van der Waals surface area (Å²) in [5.74, 6) is 0. The molecule has 0 saturated heterocycles. The molecule has 10 heavy (non-hydrogen) atoms. The Balaban J connectivity index is 2.53. The Hall–Kier alpha value is -1.04. The Morgan fingerprint density at radius 1 is 0.900 bits per heavy atom. The van der Waals surface area contributed by atoms with Gasteiger partial charge in [0.25, 0.3) is 0 Å². The first-order chi connectivity index (χ1) is 5.00. The first kappa shape index (κ1) is 7.07. The fourth-order valence-corrected chi connectivity index (χ4v) is 0.741. The molecule has 1 radical (unpaired) electrons. The monoisotopic (exact) mass is 131 g/mol. The second kappa shape index (κ2) is 4.80. The SMILES string of the molecule is [C]1=CC=CC=CC=CCC1. The highest BCUT2D eigenvalue weighted by atomic mass is 13.8. The molecule has 1 aliphatic carbocycles. The molecule has 0 heterocycles. The van der Waals surface area contributed by atoms with Crippen LogP contribution in [0.3, 0.4) is 0 Å². The van der Waals surface area contributed by atoms with Crippen LogP contribution in [-0.2, 0) is 0 Å². The molecule has 0 saturated carbocycles. The van der Waals surface area contributed by atoms with Gasteiger partial charge < -0.3 is 0 Å². The van der Waals surface area contributed by atoms with E-state index in [0.29, 0.717) is 0 Å². The van der Waals surface area contributed by atoms with E-state index < -0.39 is 0 Å². The van der Waals surface area contributed by atoms with Crippen molar-refractivity contribution in [2.24, 2.45) is 0 Å². The van der Waals surface area contributed by atoms with Crippen LogP contribution in [0.15, 0.2) is 42.5 Å². The van der Waals surface area contributed by atoms with E-state index in [9.17, 15) is 0 Å². The number of hydrogen-bond donors (Lipinski definition) is 0. The molecule has 0 amide bonds. The molecule has 51 valence electrons. The van der Waals surface area contributed by atoms with E-state index in [0.717, 1.165) is 12.8 Å². The van der Waals surface area contributed by atoms with Crippen molar-refractivity contribution in [3.63, 3.8) is 0 Å². The average Bonchev–Trinajstić information content (AvgIpc) is 2.01. The van der Waals surface area contributed by atoms with Crippen LogP contribution in [0, 0.1) is 6.08 Å². The standard InChI is InChI=1S/C10H11/c1-2-4-6-8-10-9-7-5-3-1/h1-7H,8,10H2. The highest BCUT2D eigenvalue weighted by molar-refractivity contribution is 5.15. The summed E-state index contributed by atoms with van der Waals surface area (Å²) in [5, 5.41) is 0. The van der Waals surface area contributed by atoms with E-state index in [1.165, 1.54) is 0 Å². The summed E-state index contributed by atoms with van der Waals surface area (Å²) >= 11 is 0. The highest BCUT2D eigenvalue weighted by Gasteiger charge is 1.75. The average molecular weight is 131 g/mol. The van der Waals surface area contributed by atoms with Crippen molar-refractivity contribution >= 4 is 0 Å². The lowest BCUT2D eigenvalue weighted by atomic mass is 10.2. The van der Waals surface area contributed by atoms with Crippen LogP contribution in [0.5, 0.6) is 0 Å². The van der Waals surface area contributed by atoms with Crippen molar-refractivity contribution in [3.8, 4) is 0 Å². The molecule has 0 aromatic heterocycles. The Morgan fingerprint density at radius 2 is 1.70 bits per heavy atom. The summed E-state index contributed by atoms with van der Waals surface area (Å²) in [6.07, 6.45) is 19.5. The fourth-order valence-electron chi connectivity index (χ4n) is 0.741. The van der Waals surface area contributed by atoms with Crippen molar-refractivity contribution < 1.29 is 0 Å². The molecular weight excluding hydrogens is 120 g/mol. The van der Waals surface area contributed by atoms with Gasteiger partial charge in [0.2, 0.25) is 0 Å². The fraction of sp³-hybridized carbons (Fsp3) is 0.200. The maximum atomic E-state index is 3.16. The normalized spacial score (nSPS) is 17.6. The van der Waals surface area contributed by atoms with Gasteiger partial charge in [-0.3, -0.25) is 0 Å². The van der Waals surface area contributed by atoms with Gasteiger partial charge in [-0.05, 0) is 18.9 Å². The van der Waals surface area contributed by atoms with Crippen LogP contribution in [0.25, 0.3) is 0 Å². The topological polar surface area (TPSA) is 0 Å². The molecule has 0 fully saturated rings. The first-order valence-electron chi connectivity index (χ1n) is 3.55. The Labute approximate surface area is 62.3 Å². The lowest BCUT2D eigenvalue weighted by Gasteiger charge is -1.84. The van der Waals surface area contributed by atoms with Gasteiger partial charge in [0.15, 0.2) is 0 Å². The van der Waals surface area contributed by atoms with E-state index in [1.807, 2.05) is 30.4 Å². The minimum atomic E-state index is 1.02. The van der Waals surface area contributed by atoms with Crippen LogP contribution < -0.4 is 0 Å². The molecule has 0 unspecified atom stereocenters. The zero-order valence-corrected chi connectivity index (χ0v) is 5.96. The molecule has 0 heteroatoms. The van der Waals surface area contributed by atoms with Gasteiger partial charge in [0.1, 0.15) is 0 Å². The largest absolute Gasteiger partial charge is 0.0842 e. The van der Waals surface area contributed by atoms with Crippen molar-refractivity contribution in [1.29, 1.82) is 0 Å². The van der Waals surface area contributed by atoms with Gasteiger partial charge >= 0.3 is 0 Å². The molecule has 0 bridgehead atoms. The van der Waals surface area contributed by atoms with Crippen molar-refractivity contribution in [2.75, 3.05) is 0 Å². The van der Waals surface area contributed by atoms with E-state index in [-0.39, 0.29) is 0 Å². The summed E-state index contributed by atoms with van der Waals surface area (Å²) in [4.78, 5) is 0. The van der Waals surface area contributed by atoms with Gasteiger partial charge in [-0.1, -0.05) is 42.5 Å². The number of allylic oxidation sites excluding steroid dienone is 8. The Kier molecular flexibility index (Phi) is 3.40. The quantitative estimate of drug-likeness (QED) is 0.474. The van der Waals surface area contributed by atoms with Gasteiger partial charge in [-0.25, -0.2) is 0 Å². The molecule has 1 aliphatic rings. The molecule has 0 nitrogen and oxygen atoms in total. The molecule has 0 spiro atoms. The second-order valence-electron chi connectivity index (χ2n) is 2.11. The van der Waals surface area contributed by atoms with Crippen LogP contribution in [0.2, 0.25) is 0 Å². The number of rotatable bonds is 0. The van der Waals surface area contributed by atoms with E-state index in [2.05, 4.69) is 18.2 Å². The summed E-state index contributed by atoms with van der Waals surface area (Å²) in [6.45, 7) is 0. The molecular formula is C10H11. The summed E-state index contributed by atoms with van der Waals surface area (Å²) in [5.41, 5.74) is 0. The maximum Gasteiger partial charge on any atom is -0.0241 e. The predicted molar refractivity (Wildman–Crippen MR) is 44.5 cm³/mol. The van der Waals surface area contributed by atoms with Gasteiger partial charge in [-0.2, -0.15) is 0 Å². The van der Waals surface area contributed by atoms with Crippen molar-refractivity contribution in [2.45, 2.75) is 12.8 Å². The lowest BCUT2D eigenvalue weighted by Crippen LogP contribution is -1.65. The maximum absolute atomic E-state index is 3.16. The zero-order valence-electron chi connectivity index (χ0n) is 5.96. The van der Waals surface area contributed by atoms with Gasteiger partial charge in [-0.15, -0.1) is 0 Å². The minimum absolute atomic E-state index is 1.02. The molecule has 0 aliphatic heterocycles. The third-order valence-electron chi connectivity index (χ3n) is 1.25. The zero-order chi connectivity index (χ0) is 7.07. The summed E-state index contributed by atoms with van der Waals surface area (Å²) in [6, 6.07) is 0.